The van der Waals surface area contributed by atoms with Crippen molar-refractivity contribution in [2.75, 3.05) is 0 Å². The summed E-state index contributed by atoms with van der Waals surface area (Å²) in [5.41, 5.74) is 0.436. The summed E-state index contributed by atoms with van der Waals surface area (Å²) in [5.74, 6) is -0.504. The average molecular weight is 426 g/mol. The number of imide groups is 1. The summed E-state index contributed by atoms with van der Waals surface area (Å²) in [7, 11) is 0. The highest BCUT2D eigenvalue weighted by Crippen LogP contribution is 2.57. The van der Waals surface area contributed by atoms with Crippen LogP contribution in [0.4, 0.5) is 0 Å². The van der Waals surface area contributed by atoms with E-state index in [1.807, 2.05) is 18.2 Å². The first-order valence-electron chi connectivity index (χ1n) is 10.7. The number of aromatic nitrogens is 3. The van der Waals surface area contributed by atoms with Crippen LogP contribution >= 0.6 is 0 Å². The molecule has 5 atom stereocenters. The van der Waals surface area contributed by atoms with E-state index in [0.717, 1.165) is 6.42 Å². The second-order valence-corrected chi connectivity index (χ2v) is 8.87. The standard InChI is InChI=1S/C24H18N4O4/c29-21-14-8-4-5-9-15(14)22(30)26(21)20-17-12-16(17)18-10-11-19(20)28-24(32)25(23(31)27(18)28)13-6-2-1-3-7-13/h1-11,16-20H,12H2/t16-,17+,18-,19+,20+/m0/s1. The van der Waals surface area contributed by atoms with Crippen LogP contribution in [0.3, 0.4) is 0 Å². The number of allylic oxidation sites excluding steroid dienone is 1. The monoisotopic (exact) mass is 426 g/mol. The van der Waals surface area contributed by atoms with Crippen LogP contribution < -0.4 is 11.4 Å². The number of carbonyl (C=O) groups is 2. The molecule has 2 amide bonds. The number of para-hydroxylation sites is 1. The highest BCUT2D eigenvalue weighted by molar-refractivity contribution is 6.21. The van der Waals surface area contributed by atoms with Gasteiger partial charge in [0, 0.05) is 0 Å². The number of benzene rings is 2. The molecule has 0 saturated heterocycles. The number of carbonyl (C=O) groups excluding carboxylic acids is 2. The van der Waals surface area contributed by atoms with Crippen molar-refractivity contribution in [3.05, 3.63) is 98.8 Å². The molecular formula is C24H18N4O4. The number of hydrogen-bond donors (Lipinski definition) is 0. The second-order valence-electron chi connectivity index (χ2n) is 8.87. The minimum atomic E-state index is -0.587. The Kier molecular flexibility index (Phi) is 3.24. The van der Waals surface area contributed by atoms with E-state index < -0.39 is 23.5 Å². The first-order valence-corrected chi connectivity index (χ1v) is 10.7. The quantitative estimate of drug-likeness (QED) is 0.462. The Morgan fingerprint density at radius 2 is 1.22 bits per heavy atom. The minimum absolute atomic E-state index is 0.0542. The molecule has 0 radical (unpaired) electrons. The molecule has 1 saturated carbocycles. The van der Waals surface area contributed by atoms with Crippen molar-refractivity contribution in [3.8, 4) is 5.69 Å². The Labute approximate surface area is 181 Å². The molecule has 0 N–H and O–H groups in total. The molecule has 8 nitrogen and oxygen atoms in total. The van der Waals surface area contributed by atoms with Gasteiger partial charge < -0.3 is 0 Å². The lowest BCUT2D eigenvalue weighted by Crippen LogP contribution is -2.48. The van der Waals surface area contributed by atoms with E-state index in [9.17, 15) is 19.2 Å². The lowest BCUT2D eigenvalue weighted by molar-refractivity contribution is 0.0517. The molecule has 7 rings (SSSR count). The maximum absolute atomic E-state index is 13.5. The molecule has 2 bridgehead atoms. The van der Waals surface area contributed by atoms with Crippen LogP contribution in [0.15, 0.2) is 76.3 Å². The zero-order valence-electron chi connectivity index (χ0n) is 16.9. The average Bonchev–Trinajstić information content (AvgIpc) is 3.54. The zero-order valence-corrected chi connectivity index (χ0v) is 16.9. The van der Waals surface area contributed by atoms with Crippen LogP contribution in [0.1, 0.15) is 39.2 Å². The topological polar surface area (TPSA) is 86.3 Å². The van der Waals surface area contributed by atoms with E-state index in [1.54, 1.807) is 48.5 Å². The van der Waals surface area contributed by atoms with Crippen molar-refractivity contribution in [3.63, 3.8) is 0 Å². The molecule has 4 heterocycles. The van der Waals surface area contributed by atoms with Gasteiger partial charge in [-0.2, -0.15) is 0 Å². The van der Waals surface area contributed by atoms with Crippen molar-refractivity contribution in [2.45, 2.75) is 24.5 Å². The van der Waals surface area contributed by atoms with Crippen molar-refractivity contribution in [2.24, 2.45) is 11.8 Å². The third-order valence-corrected chi connectivity index (χ3v) is 7.33. The third-order valence-electron chi connectivity index (χ3n) is 7.33. The summed E-state index contributed by atoms with van der Waals surface area (Å²) in [6.07, 6.45) is 4.66. The van der Waals surface area contributed by atoms with Gasteiger partial charge in [0.15, 0.2) is 0 Å². The second kappa shape index (κ2) is 5.85. The van der Waals surface area contributed by atoms with Gasteiger partial charge in [0.05, 0.1) is 34.9 Å². The summed E-state index contributed by atoms with van der Waals surface area (Å²) >= 11 is 0. The number of nitrogens with zero attached hydrogens (tertiary/aromatic N) is 4. The van der Waals surface area contributed by atoms with Gasteiger partial charge >= 0.3 is 11.4 Å². The van der Waals surface area contributed by atoms with E-state index in [4.69, 9.17) is 0 Å². The molecule has 0 unspecified atom stereocenters. The van der Waals surface area contributed by atoms with Crippen LogP contribution in [0.25, 0.3) is 5.69 Å². The first-order chi connectivity index (χ1) is 15.6. The van der Waals surface area contributed by atoms with E-state index >= 15 is 0 Å². The summed E-state index contributed by atoms with van der Waals surface area (Å²) in [6, 6.07) is 14.3. The zero-order chi connectivity index (χ0) is 21.7. The molecule has 4 aliphatic rings. The van der Waals surface area contributed by atoms with Crippen LogP contribution in [0, 0.1) is 11.8 Å². The largest absolute Gasteiger partial charge is 0.352 e. The van der Waals surface area contributed by atoms with E-state index in [1.165, 1.54) is 18.8 Å². The Balaban J connectivity index is 1.42. The van der Waals surface area contributed by atoms with Gasteiger partial charge in [-0.3, -0.25) is 14.5 Å². The normalized spacial score (nSPS) is 29.0. The van der Waals surface area contributed by atoms with Gasteiger partial charge in [-0.25, -0.2) is 23.5 Å². The third kappa shape index (κ3) is 2.02. The van der Waals surface area contributed by atoms with Crippen LogP contribution in [-0.2, 0) is 0 Å². The Hall–Kier alpha value is -3.94. The maximum Gasteiger partial charge on any atom is 0.352 e. The fourth-order valence-corrected chi connectivity index (χ4v) is 5.88. The van der Waals surface area contributed by atoms with Gasteiger partial charge in [0.1, 0.15) is 0 Å². The highest BCUT2D eigenvalue weighted by atomic mass is 16.2. The van der Waals surface area contributed by atoms with E-state index in [-0.39, 0.29) is 29.7 Å². The number of amides is 2. The Morgan fingerprint density at radius 1 is 0.656 bits per heavy atom. The molecule has 1 fully saturated rings. The number of fused-ring (bicyclic) bond motifs is 3. The fourth-order valence-electron chi connectivity index (χ4n) is 5.88. The fraction of sp³-hybridized carbons (Fsp3) is 0.250. The molecule has 158 valence electrons. The molecule has 8 heteroatoms. The summed E-state index contributed by atoms with van der Waals surface area (Å²) in [6.45, 7) is 0. The molecule has 3 aromatic rings. The molecule has 32 heavy (non-hydrogen) atoms. The molecule has 1 aromatic heterocycles. The van der Waals surface area contributed by atoms with Crippen LogP contribution in [0.5, 0.6) is 0 Å². The lowest BCUT2D eigenvalue weighted by Gasteiger charge is -2.33. The van der Waals surface area contributed by atoms with Crippen molar-refractivity contribution in [1.29, 1.82) is 0 Å². The van der Waals surface area contributed by atoms with Gasteiger partial charge in [0.25, 0.3) is 11.8 Å². The minimum Gasteiger partial charge on any atom is -0.269 e. The highest BCUT2D eigenvalue weighted by Gasteiger charge is 2.60. The predicted octanol–water partition coefficient (Wildman–Crippen LogP) is 1.77. The molecule has 1 aliphatic carbocycles. The molecule has 2 aromatic carbocycles. The molecule has 3 aliphatic heterocycles. The van der Waals surface area contributed by atoms with Crippen LogP contribution in [0.2, 0.25) is 0 Å². The van der Waals surface area contributed by atoms with Crippen molar-refractivity contribution >= 4 is 11.8 Å². The lowest BCUT2D eigenvalue weighted by atomic mass is 10.0. The molecule has 0 spiro atoms. The van der Waals surface area contributed by atoms with Gasteiger partial charge in [-0.15, -0.1) is 0 Å². The number of rotatable bonds is 2. The maximum atomic E-state index is 13.5. The number of hydrogen-bond acceptors (Lipinski definition) is 4. The summed E-state index contributed by atoms with van der Waals surface area (Å²) in [4.78, 5) is 54.8. The van der Waals surface area contributed by atoms with Gasteiger partial charge in [0.2, 0.25) is 0 Å². The van der Waals surface area contributed by atoms with Crippen molar-refractivity contribution < 1.29 is 9.59 Å². The van der Waals surface area contributed by atoms with E-state index in [0.29, 0.717) is 16.8 Å². The Morgan fingerprint density at radius 3 is 1.88 bits per heavy atom. The molecular weight excluding hydrogens is 408 g/mol. The van der Waals surface area contributed by atoms with Crippen LogP contribution in [-0.4, -0.2) is 36.7 Å². The summed E-state index contributed by atoms with van der Waals surface area (Å²) in [5, 5.41) is 0. The Bertz CT molecular complexity index is 1440. The summed E-state index contributed by atoms with van der Waals surface area (Å²) < 4.78 is 4.17. The van der Waals surface area contributed by atoms with Gasteiger partial charge in [-0.05, 0) is 42.5 Å². The van der Waals surface area contributed by atoms with E-state index in [2.05, 4.69) is 0 Å². The first kappa shape index (κ1) is 17.7. The smallest absolute Gasteiger partial charge is 0.269 e. The van der Waals surface area contributed by atoms with Crippen molar-refractivity contribution in [1.82, 2.24) is 18.8 Å². The SMILES string of the molecule is O=C1c2ccccc2C(=O)N1[C@@H]1[C@@H]2C[C@@H]2[C@@H]2C=C[C@H]1n1c(=O)n(-c3ccccc3)c(=O)n12. The van der Waals surface area contributed by atoms with Gasteiger partial charge in [-0.1, -0.05) is 42.5 Å². The predicted molar refractivity (Wildman–Crippen MR) is 114 cm³/mol.